The lowest BCUT2D eigenvalue weighted by atomic mass is 9.99. The normalized spacial score (nSPS) is 17.0. The van der Waals surface area contributed by atoms with Crippen molar-refractivity contribution in [2.75, 3.05) is 19.8 Å². The largest absolute Gasteiger partial charge is 0.573 e. The minimum atomic E-state index is -4.72. The second kappa shape index (κ2) is 9.50. The molecule has 0 radical (unpaired) electrons. The highest BCUT2D eigenvalue weighted by Crippen LogP contribution is 2.29. The Labute approximate surface area is 185 Å². The summed E-state index contributed by atoms with van der Waals surface area (Å²) in [6.07, 6.45) is -2.55. The van der Waals surface area contributed by atoms with Gasteiger partial charge in [-0.2, -0.15) is 0 Å². The third-order valence-electron chi connectivity index (χ3n) is 5.97. The summed E-state index contributed by atoms with van der Waals surface area (Å²) in [5.41, 5.74) is 4.57. The average Bonchev–Trinajstić information content (AvgIpc) is 3.05. The van der Waals surface area contributed by atoms with Crippen LogP contribution in [0, 0.1) is 12.8 Å². The van der Waals surface area contributed by atoms with Crippen molar-refractivity contribution >= 4 is 5.91 Å². The van der Waals surface area contributed by atoms with Crippen LogP contribution in [-0.2, 0) is 24.4 Å². The quantitative estimate of drug-likeness (QED) is 0.675. The fraction of sp³-hybridized carbons (Fsp3) is 0.458. The van der Waals surface area contributed by atoms with Gasteiger partial charge in [-0.05, 0) is 66.6 Å². The molecule has 0 atom stereocenters. The summed E-state index contributed by atoms with van der Waals surface area (Å²) < 4.78 is 46.3. The van der Waals surface area contributed by atoms with E-state index < -0.39 is 6.36 Å². The van der Waals surface area contributed by atoms with Gasteiger partial charge in [-0.15, -0.1) is 13.2 Å². The zero-order valence-corrected chi connectivity index (χ0v) is 18.0. The van der Waals surface area contributed by atoms with E-state index in [-0.39, 0.29) is 11.7 Å². The van der Waals surface area contributed by atoms with Crippen molar-refractivity contribution in [2.24, 2.45) is 5.92 Å². The Morgan fingerprint density at radius 2 is 1.84 bits per heavy atom. The SMILES string of the molecule is Cc1cc(CNCC2CCOCC2)cc2c1C(=O)N(Cc1ccc(OC(F)(F)F)cc1)C2. The smallest absolute Gasteiger partial charge is 0.406 e. The predicted octanol–water partition coefficient (Wildman–Crippen LogP) is 4.57. The van der Waals surface area contributed by atoms with Gasteiger partial charge in [-0.25, -0.2) is 0 Å². The first-order valence-corrected chi connectivity index (χ1v) is 10.8. The summed E-state index contributed by atoms with van der Waals surface area (Å²) in [4.78, 5) is 14.7. The number of ether oxygens (including phenoxy) is 2. The second-order valence-electron chi connectivity index (χ2n) is 8.49. The third-order valence-corrected chi connectivity index (χ3v) is 5.97. The van der Waals surface area contributed by atoms with Crippen LogP contribution in [0.25, 0.3) is 0 Å². The number of alkyl halides is 3. The fourth-order valence-electron chi connectivity index (χ4n) is 4.43. The second-order valence-corrected chi connectivity index (χ2v) is 8.49. The Bertz CT molecular complexity index is 954. The molecule has 5 nitrogen and oxygen atoms in total. The van der Waals surface area contributed by atoms with Crippen LogP contribution in [0.2, 0.25) is 0 Å². The molecule has 2 aromatic carbocycles. The number of amides is 1. The lowest BCUT2D eigenvalue weighted by Crippen LogP contribution is -2.27. The number of halogens is 3. The molecule has 2 aliphatic rings. The molecule has 2 heterocycles. The van der Waals surface area contributed by atoms with Crippen molar-refractivity contribution in [3.05, 3.63) is 64.2 Å². The Morgan fingerprint density at radius 1 is 1.12 bits per heavy atom. The molecule has 2 aromatic rings. The van der Waals surface area contributed by atoms with Gasteiger partial charge in [0, 0.05) is 38.4 Å². The van der Waals surface area contributed by atoms with E-state index in [0.29, 0.717) is 19.0 Å². The Hall–Kier alpha value is -2.58. The van der Waals surface area contributed by atoms with E-state index in [1.54, 1.807) is 17.0 Å². The molecule has 1 fully saturated rings. The van der Waals surface area contributed by atoms with Gasteiger partial charge in [0.15, 0.2) is 0 Å². The fourth-order valence-corrected chi connectivity index (χ4v) is 4.43. The predicted molar refractivity (Wildman–Crippen MR) is 113 cm³/mol. The number of benzene rings is 2. The molecule has 1 N–H and O–H groups in total. The molecule has 32 heavy (non-hydrogen) atoms. The summed E-state index contributed by atoms with van der Waals surface area (Å²) >= 11 is 0. The van der Waals surface area contributed by atoms with Gasteiger partial charge in [0.1, 0.15) is 5.75 Å². The molecule has 0 aromatic heterocycles. The first-order valence-electron chi connectivity index (χ1n) is 10.8. The maximum absolute atomic E-state index is 12.9. The van der Waals surface area contributed by atoms with E-state index in [1.807, 2.05) is 6.92 Å². The number of carbonyl (C=O) groups is 1. The zero-order valence-electron chi connectivity index (χ0n) is 18.0. The third kappa shape index (κ3) is 5.61. The van der Waals surface area contributed by atoms with E-state index in [0.717, 1.165) is 67.0 Å². The Balaban J connectivity index is 1.36. The van der Waals surface area contributed by atoms with Crippen LogP contribution in [0.5, 0.6) is 5.75 Å². The van der Waals surface area contributed by atoms with Crippen molar-refractivity contribution in [3.63, 3.8) is 0 Å². The topological polar surface area (TPSA) is 50.8 Å². The number of aryl methyl sites for hydroxylation is 1. The number of nitrogens with one attached hydrogen (secondary N) is 1. The van der Waals surface area contributed by atoms with Gasteiger partial charge in [-0.3, -0.25) is 4.79 Å². The number of fused-ring (bicyclic) bond motifs is 1. The van der Waals surface area contributed by atoms with Crippen molar-refractivity contribution in [1.82, 2.24) is 10.2 Å². The molecule has 1 amide bonds. The molecule has 172 valence electrons. The van der Waals surface area contributed by atoms with Crippen LogP contribution in [0.1, 0.15) is 45.5 Å². The lowest BCUT2D eigenvalue weighted by molar-refractivity contribution is -0.274. The van der Waals surface area contributed by atoms with Crippen molar-refractivity contribution in [1.29, 1.82) is 0 Å². The van der Waals surface area contributed by atoms with Crippen LogP contribution in [0.15, 0.2) is 36.4 Å². The first-order chi connectivity index (χ1) is 15.3. The summed E-state index contributed by atoms with van der Waals surface area (Å²) in [6.45, 7) is 6.14. The number of hydrogen-bond donors (Lipinski definition) is 1. The van der Waals surface area contributed by atoms with Gasteiger partial charge in [0.05, 0.1) is 0 Å². The molecule has 4 rings (SSSR count). The molecule has 0 spiro atoms. The zero-order chi connectivity index (χ0) is 22.7. The molecule has 0 aliphatic carbocycles. The molecule has 0 bridgehead atoms. The number of carbonyl (C=O) groups excluding carboxylic acids is 1. The lowest BCUT2D eigenvalue weighted by Gasteiger charge is -2.22. The monoisotopic (exact) mass is 448 g/mol. The minimum Gasteiger partial charge on any atom is -0.406 e. The van der Waals surface area contributed by atoms with Crippen molar-refractivity contribution in [2.45, 2.75) is 45.8 Å². The molecule has 8 heteroatoms. The van der Waals surface area contributed by atoms with Gasteiger partial charge in [-0.1, -0.05) is 24.3 Å². The molecule has 1 saturated heterocycles. The van der Waals surface area contributed by atoms with E-state index in [2.05, 4.69) is 22.2 Å². The molecular formula is C24H27F3N2O3. The highest BCUT2D eigenvalue weighted by Gasteiger charge is 2.31. The van der Waals surface area contributed by atoms with E-state index in [9.17, 15) is 18.0 Å². The summed E-state index contributed by atoms with van der Waals surface area (Å²) in [5, 5.41) is 3.53. The molecule has 0 saturated carbocycles. The van der Waals surface area contributed by atoms with E-state index >= 15 is 0 Å². The number of nitrogens with zero attached hydrogens (tertiary/aromatic N) is 1. The maximum Gasteiger partial charge on any atom is 0.573 e. The first kappa shape index (κ1) is 22.6. The van der Waals surface area contributed by atoms with Crippen molar-refractivity contribution in [3.8, 4) is 5.75 Å². The van der Waals surface area contributed by atoms with Crippen LogP contribution < -0.4 is 10.1 Å². The maximum atomic E-state index is 12.9. The van der Waals surface area contributed by atoms with Gasteiger partial charge in [0.25, 0.3) is 5.91 Å². The van der Waals surface area contributed by atoms with Crippen LogP contribution >= 0.6 is 0 Å². The molecular weight excluding hydrogens is 421 g/mol. The highest BCUT2D eigenvalue weighted by molar-refractivity contribution is 5.99. The molecule has 0 unspecified atom stereocenters. The average molecular weight is 448 g/mol. The summed E-state index contributed by atoms with van der Waals surface area (Å²) in [5.74, 6) is 0.324. The standard InChI is InChI=1S/C24H27F3N2O3/c1-16-10-19(13-28-12-17-6-8-31-9-7-17)11-20-15-29(23(30)22(16)20)14-18-2-4-21(5-3-18)32-24(25,26)27/h2-5,10-11,17,28H,6-9,12-15H2,1H3. The van der Waals surface area contributed by atoms with Crippen molar-refractivity contribution < 1.29 is 27.4 Å². The van der Waals surface area contributed by atoms with Crippen LogP contribution in [0.3, 0.4) is 0 Å². The highest BCUT2D eigenvalue weighted by atomic mass is 19.4. The van der Waals surface area contributed by atoms with Gasteiger partial charge >= 0.3 is 6.36 Å². The van der Waals surface area contributed by atoms with Crippen LogP contribution in [-0.4, -0.2) is 36.9 Å². The summed E-state index contributed by atoms with van der Waals surface area (Å²) in [6, 6.07) is 9.78. The number of rotatable bonds is 7. The Morgan fingerprint density at radius 3 is 2.53 bits per heavy atom. The number of hydrogen-bond acceptors (Lipinski definition) is 4. The molecule has 2 aliphatic heterocycles. The minimum absolute atomic E-state index is 0.0465. The van der Waals surface area contributed by atoms with Gasteiger partial charge in [0.2, 0.25) is 0 Å². The van der Waals surface area contributed by atoms with E-state index in [1.165, 1.54) is 12.1 Å². The van der Waals surface area contributed by atoms with Crippen LogP contribution in [0.4, 0.5) is 13.2 Å². The Kier molecular flexibility index (Phi) is 6.71. The summed E-state index contributed by atoms with van der Waals surface area (Å²) in [7, 11) is 0. The van der Waals surface area contributed by atoms with E-state index in [4.69, 9.17) is 4.74 Å². The van der Waals surface area contributed by atoms with Gasteiger partial charge < -0.3 is 19.7 Å².